The van der Waals surface area contributed by atoms with Gasteiger partial charge in [-0.2, -0.15) is 0 Å². The molecule has 0 atom stereocenters. The predicted molar refractivity (Wildman–Crippen MR) is 70.8 cm³/mol. The molecule has 17 heavy (non-hydrogen) atoms. The Morgan fingerprint density at radius 1 is 1.47 bits per heavy atom. The lowest BCUT2D eigenvalue weighted by Gasteiger charge is -2.10. The molecule has 0 aliphatic heterocycles. The van der Waals surface area contributed by atoms with E-state index in [1.165, 1.54) is 6.07 Å². The van der Waals surface area contributed by atoms with E-state index in [1.54, 1.807) is 19.9 Å². The molecule has 0 bridgehead atoms. The van der Waals surface area contributed by atoms with E-state index in [0.717, 1.165) is 0 Å². The van der Waals surface area contributed by atoms with Crippen molar-refractivity contribution in [2.75, 3.05) is 5.32 Å². The van der Waals surface area contributed by atoms with Gasteiger partial charge in [0.2, 0.25) is 5.91 Å². The minimum absolute atomic E-state index is 0.0283. The maximum atomic E-state index is 11.3. The van der Waals surface area contributed by atoms with Crippen molar-refractivity contribution < 1.29 is 13.2 Å². The van der Waals surface area contributed by atoms with Crippen LogP contribution in [0.2, 0.25) is 0 Å². The van der Waals surface area contributed by atoms with Crippen molar-refractivity contribution in [2.45, 2.75) is 25.2 Å². The molecule has 0 aliphatic rings. The third-order valence-corrected chi connectivity index (χ3v) is 4.24. The summed E-state index contributed by atoms with van der Waals surface area (Å²) in [6.45, 7) is 3.34. The van der Waals surface area contributed by atoms with Crippen molar-refractivity contribution in [3.8, 4) is 0 Å². The Balaban J connectivity index is 3.24. The van der Waals surface area contributed by atoms with E-state index in [1.807, 2.05) is 0 Å². The Morgan fingerprint density at radius 3 is 2.53 bits per heavy atom. The Kier molecular flexibility index (Phi) is 4.57. The standard InChI is InChI=1S/C10H11BrClNO3S/c1-3-10(14)13-8-4-6(2)9(5-7(8)11)17(12,15)16/h4-5H,3H2,1-2H3,(H,13,14). The number of nitrogens with one attached hydrogen (secondary N) is 1. The summed E-state index contributed by atoms with van der Waals surface area (Å²) in [4.78, 5) is 11.3. The topological polar surface area (TPSA) is 63.2 Å². The highest BCUT2D eigenvalue weighted by Crippen LogP contribution is 2.30. The number of carbonyl (C=O) groups is 1. The molecular formula is C10H11BrClNO3S. The summed E-state index contributed by atoms with van der Waals surface area (Å²) in [6.07, 6.45) is 0.348. The van der Waals surface area contributed by atoms with Crippen molar-refractivity contribution in [1.82, 2.24) is 0 Å². The Hall–Kier alpha value is -0.590. The number of rotatable bonds is 3. The summed E-state index contributed by atoms with van der Waals surface area (Å²) in [5.41, 5.74) is 1.01. The number of hydrogen-bond donors (Lipinski definition) is 1. The minimum atomic E-state index is -3.78. The maximum absolute atomic E-state index is 11.3. The lowest BCUT2D eigenvalue weighted by Crippen LogP contribution is -2.10. The average Bonchev–Trinajstić information content (AvgIpc) is 2.21. The van der Waals surface area contributed by atoms with Crippen LogP contribution in [-0.4, -0.2) is 14.3 Å². The molecule has 0 radical (unpaired) electrons. The number of halogens is 2. The quantitative estimate of drug-likeness (QED) is 0.860. The summed E-state index contributed by atoms with van der Waals surface area (Å²) in [5.74, 6) is -0.147. The highest BCUT2D eigenvalue weighted by atomic mass is 79.9. The van der Waals surface area contributed by atoms with Gasteiger partial charge >= 0.3 is 0 Å². The summed E-state index contributed by atoms with van der Waals surface area (Å²) in [6, 6.07) is 2.94. The molecule has 1 aromatic rings. The molecule has 0 aromatic heterocycles. The molecule has 0 fully saturated rings. The zero-order valence-corrected chi connectivity index (χ0v) is 12.4. The van der Waals surface area contributed by atoms with E-state index in [4.69, 9.17) is 10.7 Å². The largest absolute Gasteiger partial charge is 0.325 e. The van der Waals surface area contributed by atoms with E-state index >= 15 is 0 Å². The van der Waals surface area contributed by atoms with Crippen molar-refractivity contribution >= 4 is 47.3 Å². The van der Waals surface area contributed by atoms with Gasteiger partial charge in [0.25, 0.3) is 9.05 Å². The molecule has 1 N–H and O–H groups in total. The van der Waals surface area contributed by atoms with Crippen LogP contribution in [0.25, 0.3) is 0 Å². The fourth-order valence-electron chi connectivity index (χ4n) is 1.26. The molecule has 0 aliphatic carbocycles. The normalized spacial score (nSPS) is 11.3. The molecule has 0 saturated carbocycles. The van der Waals surface area contributed by atoms with E-state index in [0.29, 0.717) is 22.1 Å². The predicted octanol–water partition coefficient (Wildman–Crippen LogP) is 3.03. The van der Waals surface area contributed by atoms with Crippen molar-refractivity contribution in [2.24, 2.45) is 0 Å². The van der Waals surface area contributed by atoms with Crippen LogP contribution in [0.4, 0.5) is 5.69 Å². The average molecular weight is 341 g/mol. The lowest BCUT2D eigenvalue weighted by atomic mass is 10.2. The molecule has 94 valence electrons. The molecule has 0 saturated heterocycles. The highest BCUT2D eigenvalue weighted by molar-refractivity contribution is 9.10. The van der Waals surface area contributed by atoms with Gasteiger partial charge in [-0.1, -0.05) is 6.92 Å². The summed E-state index contributed by atoms with van der Waals surface area (Å²) < 4.78 is 23.0. The molecule has 0 unspecified atom stereocenters. The van der Waals surface area contributed by atoms with Crippen molar-refractivity contribution in [3.63, 3.8) is 0 Å². The SMILES string of the molecule is CCC(=O)Nc1cc(C)c(S(=O)(=O)Cl)cc1Br. The smallest absolute Gasteiger partial charge is 0.261 e. The second-order valence-corrected chi connectivity index (χ2v) is 6.83. The van der Waals surface area contributed by atoms with Gasteiger partial charge < -0.3 is 5.32 Å². The molecule has 0 spiro atoms. The van der Waals surface area contributed by atoms with Crippen LogP contribution in [0.15, 0.2) is 21.5 Å². The number of amides is 1. The number of aryl methyl sites for hydroxylation is 1. The molecule has 1 rings (SSSR count). The first-order valence-corrected chi connectivity index (χ1v) is 7.90. The molecule has 4 nitrogen and oxygen atoms in total. The Labute approximate surface area is 113 Å². The van der Waals surface area contributed by atoms with Gasteiger partial charge in [-0.3, -0.25) is 4.79 Å². The lowest BCUT2D eigenvalue weighted by molar-refractivity contribution is -0.115. The fraction of sp³-hybridized carbons (Fsp3) is 0.300. The Bertz CT molecular complexity index is 557. The number of carbonyl (C=O) groups excluding carboxylic acids is 1. The van der Waals surface area contributed by atoms with Gasteiger partial charge in [0.15, 0.2) is 0 Å². The third kappa shape index (κ3) is 3.69. The van der Waals surface area contributed by atoms with Crippen LogP contribution in [-0.2, 0) is 13.8 Å². The summed E-state index contributed by atoms with van der Waals surface area (Å²) >= 11 is 3.19. The first kappa shape index (κ1) is 14.5. The molecule has 1 aromatic carbocycles. The van der Waals surface area contributed by atoms with Gasteiger partial charge in [-0.05, 0) is 40.5 Å². The van der Waals surface area contributed by atoms with Gasteiger partial charge in [0, 0.05) is 21.6 Å². The van der Waals surface area contributed by atoms with E-state index in [2.05, 4.69) is 21.2 Å². The van der Waals surface area contributed by atoms with E-state index < -0.39 is 9.05 Å². The van der Waals surface area contributed by atoms with Crippen LogP contribution in [0.5, 0.6) is 0 Å². The van der Waals surface area contributed by atoms with Crippen LogP contribution in [0, 0.1) is 6.92 Å². The number of anilines is 1. The first-order chi connectivity index (χ1) is 7.75. The van der Waals surface area contributed by atoms with E-state index in [9.17, 15) is 13.2 Å². The van der Waals surface area contributed by atoms with Gasteiger partial charge in [0.05, 0.1) is 10.6 Å². The molecule has 1 amide bonds. The van der Waals surface area contributed by atoms with Crippen LogP contribution in [0.3, 0.4) is 0 Å². The summed E-state index contributed by atoms with van der Waals surface area (Å²) in [5, 5.41) is 2.66. The first-order valence-electron chi connectivity index (χ1n) is 4.80. The maximum Gasteiger partial charge on any atom is 0.261 e. The van der Waals surface area contributed by atoms with Crippen LogP contribution < -0.4 is 5.32 Å². The second kappa shape index (κ2) is 5.37. The number of benzene rings is 1. The van der Waals surface area contributed by atoms with Crippen molar-refractivity contribution in [1.29, 1.82) is 0 Å². The van der Waals surface area contributed by atoms with Gasteiger partial charge in [0.1, 0.15) is 0 Å². The second-order valence-electron chi connectivity index (χ2n) is 3.44. The van der Waals surface area contributed by atoms with Crippen LogP contribution >= 0.6 is 26.6 Å². The molecule has 0 heterocycles. The fourth-order valence-corrected chi connectivity index (χ4v) is 3.06. The zero-order valence-electron chi connectivity index (χ0n) is 9.25. The van der Waals surface area contributed by atoms with Gasteiger partial charge in [-0.15, -0.1) is 0 Å². The monoisotopic (exact) mass is 339 g/mol. The Morgan fingerprint density at radius 2 is 2.06 bits per heavy atom. The highest BCUT2D eigenvalue weighted by Gasteiger charge is 2.16. The van der Waals surface area contributed by atoms with E-state index in [-0.39, 0.29) is 10.8 Å². The van der Waals surface area contributed by atoms with Crippen molar-refractivity contribution in [3.05, 3.63) is 22.2 Å². The summed E-state index contributed by atoms with van der Waals surface area (Å²) in [7, 11) is 1.51. The number of hydrogen-bond acceptors (Lipinski definition) is 3. The van der Waals surface area contributed by atoms with Crippen LogP contribution in [0.1, 0.15) is 18.9 Å². The van der Waals surface area contributed by atoms with Gasteiger partial charge in [-0.25, -0.2) is 8.42 Å². The molecular weight excluding hydrogens is 330 g/mol. The zero-order chi connectivity index (χ0) is 13.2. The molecule has 7 heteroatoms. The third-order valence-electron chi connectivity index (χ3n) is 2.12. The minimum Gasteiger partial charge on any atom is -0.325 e.